The summed E-state index contributed by atoms with van der Waals surface area (Å²) < 4.78 is 25.2. The van der Waals surface area contributed by atoms with E-state index in [9.17, 15) is 14.0 Å². The van der Waals surface area contributed by atoms with E-state index in [1.807, 2.05) is 44.5 Å². The third-order valence-electron chi connectivity index (χ3n) is 8.13. The summed E-state index contributed by atoms with van der Waals surface area (Å²) in [6, 6.07) is -0.185. The summed E-state index contributed by atoms with van der Waals surface area (Å²) >= 11 is 5.81. The van der Waals surface area contributed by atoms with Gasteiger partial charge in [0.15, 0.2) is 11.0 Å². The standard InChI is InChI=1S/C19H25ClFN5O3.C9H15NO/c1-10-12(7-8-26(10)18(27)29-19(2,3)4)25(5)16-11-9-22-15(20)13(21)14(11)23-17(24-16)28-6;1-7(11)10-5-8-3-2-4-9(8)6-10/h9-10,12H,7-8H2,1-6H3;8-9H,2-6H2,1H3/t10-,12-;/m1./s1. The first-order valence-corrected chi connectivity index (χ1v) is 14.2. The molecule has 2 saturated heterocycles. The molecule has 2 unspecified atom stereocenters. The van der Waals surface area contributed by atoms with Crippen LogP contribution in [0.5, 0.6) is 6.01 Å². The Morgan fingerprint density at radius 1 is 1.15 bits per heavy atom. The summed E-state index contributed by atoms with van der Waals surface area (Å²) in [5.74, 6) is 1.68. The second kappa shape index (κ2) is 11.9. The van der Waals surface area contributed by atoms with Gasteiger partial charge in [-0.15, -0.1) is 0 Å². The fraction of sp³-hybridized carbons (Fsp3) is 0.679. The number of halogens is 2. The topological polar surface area (TPSA) is 101 Å². The van der Waals surface area contributed by atoms with Gasteiger partial charge in [-0.25, -0.2) is 14.2 Å². The van der Waals surface area contributed by atoms with Crippen LogP contribution < -0.4 is 9.64 Å². The Morgan fingerprint density at radius 2 is 1.80 bits per heavy atom. The van der Waals surface area contributed by atoms with E-state index >= 15 is 0 Å². The molecule has 220 valence electrons. The maximum atomic E-state index is 14.5. The number of nitrogens with zero attached hydrogens (tertiary/aromatic N) is 6. The van der Waals surface area contributed by atoms with Crippen LogP contribution >= 0.6 is 11.6 Å². The Kier molecular flexibility index (Phi) is 8.92. The number of ether oxygens (including phenoxy) is 2. The van der Waals surface area contributed by atoms with Crippen molar-refractivity contribution in [1.29, 1.82) is 0 Å². The van der Waals surface area contributed by atoms with Crippen LogP contribution in [0.15, 0.2) is 6.20 Å². The Morgan fingerprint density at radius 3 is 2.38 bits per heavy atom. The molecular formula is C28H40ClFN6O4. The number of fused-ring (bicyclic) bond motifs is 2. The first-order valence-electron chi connectivity index (χ1n) is 13.8. The smallest absolute Gasteiger partial charge is 0.410 e. The molecule has 0 N–H and O–H groups in total. The first kappa shape index (κ1) is 30.0. The molecule has 12 heteroatoms. The molecule has 10 nitrogen and oxygen atoms in total. The number of aromatic nitrogens is 3. The van der Waals surface area contributed by atoms with Crippen LogP contribution in [-0.2, 0) is 9.53 Å². The quantitative estimate of drug-likeness (QED) is 0.473. The van der Waals surface area contributed by atoms with Crippen molar-refractivity contribution in [2.75, 3.05) is 38.7 Å². The van der Waals surface area contributed by atoms with Crippen LogP contribution in [0.3, 0.4) is 0 Å². The number of amides is 2. The van der Waals surface area contributed by atoms with E-state index in [1.54, 1.807) is 11.8 Å². The van der Waals surface area contributed by atoms with Gasteiger partial charge in [0.2, 0.25) is 5.91 Å². The molecule has 0 spiro atoms. The zero-order chi connectivity index (χ0) is 29.4. The van der Waals surface area contributed by atoms with Gasteiger partial charge in [0.1, 0.15) is 16.9 Å². The van der Waals surface area contributed by atoms with E-state index in [2.05, 4.69) is 15.0 Å². The minimum absolute atomic E-state index is 0.0233. The van der Waals surface area contributed by atoms with Crippen molar-refractivity contribution >= 4 is 40.3 Å². The summed E-state index contributed by atoms with van der Waals surface area (Å²) in [7, 11) is 3.25. The molecule has 2 amide bonds. The van der Waals surface area contributed by atoms with E-state index in [0.29, 0.717) is 24.2 Å². The molecule has 1 aliphatic carbocycles. The molecule has 0 aromatic carbocycles. The number of pyridine rings is 1. The molecule has 3 fully saturated rings. The van der Waals surface area contributed by atoms with Crippen LogP contribution in [0.25, 0.3) is 10.9 Å². The van der Waals surface area contributed by atoms with E-state index in [0.717, 1.165) is 24.9 Å². The molecule has 0 radical (unpaired) electrons. The number of hydrogen-bond acceptors (Lipinski definition) is 8. The third-order valence-corrected chi connectivity index (χ3v) is 8.39. The highest BCUT2D eigenvalue weighted by Gasteiger charge is 2.39. The maximum absolute atomic E-state index is 14.5. The lowest BCUT2D eigenvalue weighted by atomic mass is 10.0. The van der Waals surface area contributed by atoms with E-state index < -0.39 is 11.4 Å². The van der Waals surface area contributed by atoms with Crippen LogP contribution in [0, 0.1) is 17.7 Å². The van der Waals surface area contributed by atoms with Gasteiger partial charge in [0.05, 0.1) is 24.6 Å². The highest BCUT2D eigenvalue weighted by atomic mass is 35.5. The van der Waals surface area contributed by atoms with Crippen molar-refractivity contribution in [1.82, 2.24) is 24.8 Å². The van der Waals surface area contributed by atoms with Crippen molar-refractivity contribution in [2.45, 2.75) is 78.0 Å². The average Bonchev–Trinajstić information content (AvgIpc) is 3.60. The van der Waals surface area contributed by atoms with Crippen molar-refractivity contribution in [3.8, 4) is 6.01 Å². The third kappa shape index (κ3) is 6.34. The second-order valence-corrected chi connectivity index (χ2v) is 12.3. The molecule has 4 heterocycles. The lowest BCUT2D eigenvalue weighted by Gasteiger charge is -2.33. The van der Waals surface area contributed by atoms with Crippen molar-refractivity contribution in [3.63, 3.8) is 0 Å². The van der Waals surface area contributed by atoms with Crippen LogP contribution in [-0.4, -0.2) is 88.2 Å². The lowest BCUT2D eigenvalue weighted by Crippen LogP contribution is -2.45. The Bertz CT molecular complexity index is 1250. The van der Waals surface area contributed by atoms with Gasteiger partial charge in [0, 0.05) is 39.8 Å². The van der Waals surface area contributed by atoms with Crippen LogP contribution in [0.2, 0.25) is 5.15 Å². The highest BCUT2D eigenvalue weighted by Crippen LogP contribution is 2.37. The fourth-order valence-electron chi connectivity index (χ4n) is 6.03. The number of methoxy groups -OCH3 is 1. The van der Waals surface area contributed by atoms with Crippen LogP contribution in [0.4, 0.5) is 15.0 Å². The van der Waals surface area contributed by atoms with Crippen molar-refractivity contribution in [3.05, 3.63) is 17.2 Å². The lowest BCUT2D eigenvalue weighted by molar-refractivity contribution is -0.128. The second-order valence-electron chi connectivity index (χ2n) is 11.9. The Hall–Kier alpha value is -2.95. The number of hydrogen-bond donors (Lipinski definition) is 0. The summed E-state index contributed by atoms with van der Waals surface area (Å²) in [6.07, 6.45) is 5.89. The molecule has 2 aromatic rings. The zero-order valence-electron chi connectivity index (χ0n) is 24.4. The van der Waals surface area contributed by atoms with Gasteiger partial charge in [-0.05, 0) is 58.8 Å². The summed E-state index contributed by atoms with van der Waals surface area (Å²) in [6.45, 7) is 11.8. The normalized spacial score (nSPS) is 24.0. The van der Waals surface area contributed by atoms with Gasteiger partial charge >= 0.3 is 12.1 Å². The van der Waals surface area contributed by atoms with E-state index in [4.69, 9.17) is 21.1 Å². The predicted octanol–water partition coefficient (Wildman–Crippen LogP) is 4.92. The number of likely N-dealkylation sites (tertiary alicyclic amines) is 2. The minimum atomic E-state index is -0.727. The van der Waals surface area contributed by atoms with E-state index in [-0.39, 0.29) is 40.8 Å². The largest absolute Gasteiger partial charge is 0.467 e. The monoisotopic (exact) mass is 578 g/mol. The molecule has 0 bridgehead atoms. The van der Waals surface area contributed by atoms with Gasteiger partial charge < -0.3 is 24.2 Å². The molecule has 40 heavy (non-hydrogen) atoms. The molecule has 2 aliphatic heterocycles. The zero-order valence-corrected chi connectivity index (χ0v) is 25.2. The van der Waals surface area contributed by atoms with Gasteiger partial charge in [-0.2, -0.15) is 9.97 Å². The maximum Gasteiger partial charge on any atom is 0.410 e. The Balaban J connectivity index is 0.000000278. The number of carbonyl (C=O) groups excluding carboxylic acids is 2. The molecule has 2 aromatic heterocycles. The molecule has 4 atom stereocenters. The van der Waals surface area contributed by atoms with Crippen LogP contribution in [0.1, 0.15) is 60.3 Å². The highest BCUT2D eigenvalue weighted by molar-refractivity contribution is 6.30. The molecule has 1 saturated carbocycles. The predicted molar refractivity (Wildman–Crippen MR) is 151 cm³/mol. The molecule has 5 rings (SSSR count). The number of rotatable bonds is 3. The van der Waals surface area contributed by atoms with Gasteiger partial charge in [-0.1, -0.05) is 18.0 Å². The number of carbonyl (C=O) groups is 2. The summed E-state index contributed by atoms with van der Waals surface area (Å²) in [5.41, 5.74) is -0.534. The summed E-state index contributed by atoms with van der Waals surface area (Å²) in [4.78, 5) is 41.5. The molecular weight excluding hydrogens is 539 g/mol. The van der Waals surface area contributed by atoms with Crippen molar-refractivity contribution < 1.29 is 23.5 Å². The van der Waals surface area contributed by atoms with Gasteiger partial charge in [-0.3, -0.25) is 4.79 Å². The Labute approximate surface area is 240 Å². The SMILES string of the molecule is CC(=O)N1CC2CCCC2C1.COc1nc(N(C)[C@@H]2CCN(C(=O)OC(C)(C)C)[C@@H]2C)c2cnc(Cl)c(F)c2n1. The number of anilines is 1. The minimum Gasteiger partial charge on any atom is -0.467 e. The summed E-state index contributed by atoms with van der Waals surface area (Å²) in [5, 5.41) is 0.148. The molecule has 3 aliphatic rings. The van der Waals surface area contributed by atoms with Crippen molar-refractivity contribution in [2.24, 2.45) is 11.8 Å². The average molecular weight is 579 g/mol. The van der Waals surface area contributed by atoms with Gasteiger partial charge in [0.25, 0.3) is 0 Å². The first-order chi connectivity index (χ1) is 18.8. The fourth-order valence-corrected chi connectivity index (χ4v) is 6.17. The number of likely N-dealkylation sites (N-methyl/N-ethyl adjacent to an activating group) is 1. The van der Waals surface area contributed by atoms with E-state index in [1.165, 1.54) is 32.6 Å².